The lowest BCUT2D eigenvalue weighted by Crippen LogP contribution is -2.72. The molecule has 1 aliphatic carbocycles. The zero-order valence-corrected chi connectivity index (χ0v) is 38.0. The van der Waals surface area contributed by atoms with Crippen LogP contribution in [-0.4, -0.2) is 12.6 Å². The molecule has 312 valence electrons. The van der Waals surface area contributed by atoms with Gasteiger partial charge in [0.25, 0.3) is 0 Å². The molecule has 0 N–H and O–H groups in total. The third-order valence-corrected chi connectivity index (χ3v) is 19.5. The van der Waals surface area contributed by atoms with Gasteiger partial charge in [-0.3, -0.25) is 0 Å². The molecule has 2 heterocycles. The van der Waals surface area contributed by atoms with Gasteiger partial charge in [-0.05, 0) is 126 Å². The van der Waals surface area contributed by atoms with Gasteiger partial charge in [-0.1, -0.05) is 196 Å². The topological polar surface area (TPSA) is 8.17 Å². The number of benzene rings is 10. The first-order chi connectivity index (χ1) is 32.5. The zero-order valence-electron chi connectivity index (χ0n) is 37.0. The molecule has 0 saturated heterocycles. The molecule has 2 nitrogen and oxygen atoms in total. The van der Waals surface area contributed by atoms with Crippen LogP contribution in [0, 0.1) is 0 Å². The molecule has 11 aromatic rings. The molecule has 0 amide bonds. The Balaban J connectivity index is 1.05. The number of rotatable bonds is 7. The quantitative estimate of drug-likeness (QED) is 0.145. The first-order valence-corrected chi connectivity index (χ1v) is 25.1. The van der Waals surface area contributed by atoms with Crippen LogP contribution in [-0.2, 0) is 5.41 Å². The van der Waals surface area contributed by atoms with Crippen LogP contribution in [0.3, 0.4) is 0 Å². The molecule has 0 fully saturated rings. The molecule has 66 heavy (non-hydrogen) atoms. The van der Waals surface area contributed by atoms with Crippen molar-refractivity contribution in [1.29, 1.82) is 0 Å². The van der Waals surface area contributed by atoms with Gasteiger partial charge in [0.1, 0.15) is 0 Å². The summed E-state index contributed by atoms with van der Waals surface area (Å²) in [4.78, 5) is 2.53. The molecule has 0 saturated carbocycles. The van der Waals surface area contributed by atoms with Gasteiger partial charge < -0.3 is 9.47 Å². The van der Waals surface area contributed by atoms with E-state index >= 15 is 0 Å². The van der Waals surface area contributed by atoms with E-state index in [1.807, 2.05) is 0 Å². The fourth-order valence-electron chi connectivity index (χ4n) is 11.7. The van der Waals surface area contributed by atoms with Crippen molar-refractivity contribution in [3.63, 3.8) is 0 Å². The molecule has 3 heteroatoms. The summed E-state index contributed by atoms with van der Waals surface area (Å²) >= 11 is 0. The maximum absolute atomic E-state index is 2.76. The second-order valence-corrected chi connectivity index (χ2v) is 22.2. The SMILES string of the molecule is CC1(C)c2ccccc2-c2ccc(N(c3ccc4c(c3)[Si](c3ccccc3)(c3ccccc3)c3ccccc3-4)c3ccc4c(c3)c3ccccc3n4-c3ccc(-c4ccccc4)cc3)cc21. The van der Waals surface area contributed by atoms with Crippen LogP contribution in [0.5, 0.6) is 0 Å². The summed E-state index contributed by atoms with van der Waals surface area (Å²) in [6.07, 6.45) is 0. The molecule has 1 aromatic heterocycles. The third kappa shape index (κ3) is 5.60. The van der Waals surface area contributed by atoms with Crippen LogP contribution in [0.4, 0.5) is 17.1 Å². The summed E-state index contributed by atoms with van der Waals surface area (Å²) in [5, 5.41) is 8.12. The van der Waals surface area contributed by atoms with Gasteiger partial charge in [0.05, 0.1) is 11.0 Å². The van der Waals surface area contributed by atoms with Crippen LogP contribution in [0.15, 0.2) is 243 Å². The first-order valence-electron chi connectivity index (χ1n) is 23.1. The van der Waals surface area contributed by atoms with E-state index in [1.54, 1.807) is 0 Å². The highest BCUT2D eigenvalue weighted by Crippen LogP contribution is 2.51. The second kappa shape index (κ2) is 14.8. The van der Waals surface area contributed by atoms with E-state index < -0.39 is 8.07 Å². The predicted octanol–water partition coefficient (Wildman–Crippen LogP) is 13.6. The maximum atomic E-state index is 2.55. The Bertz CT molecular complexity index is 3620. The van der Waals surface area contributed by atoms with E-state index in [1.165, 1.54) is 87.1 Å². The standard InChI is InChI=1S/C63H46N2Si/c1-63(2)57-27-15-12-24-51(57)52-37-34-47(41-58(52)63)64(46-36-39-60-56(40-46)53-25-13-16-28-59(53)65(60)45-32-30-44(31-33-45)43-18-6-3-7-19-43)48-35-38-55-54-26-14-17-29-61(54)66(62(55)42-48,49-20-8-4-9-21-49)50-22-10-5-11-23-50/h3-42H,1-2H3. The molecule has 0 spiro atoms. The zero-order chi connectivity index (χ0) is 44.0. The fraction of sp³-hybridized carbons (Fsp3) is 0.0476. The van der Waals surface area contributed by atoms with E-state index in [4.69, 9.17) is 0 Å². The normalized spacial score (nSPS) is 13.8. The Morgan fingerprint density at radius 3 is 1.62 bits per heavy atom. The van der Waals surface area contributed by atoms with Crippen LogP contribution >= 0.6 is 0 Å². The summed E-state index contributed by atoms with van der Waals surface area (Å²) in [6.45, 7) is 4.76. The van der Waals surface area contributed by atoms with Gasteiger partial charge in [0, 0.05) is 38.9 Å². The minimum Gasteiger partial charge on any atom is -0.310 e. The third-order valence-electron chi connectivity index (χ3n) is 14.7. The minimum absolute atomic E-state index is 0.149. The molecule has 1 aliphatic heterocycles. The van der Waals surface area contributed by atoms with Crippen molar-refractivity contribution in [2.75, 3.05) is 4.90 Å². The Morgan fingerprint density at radius 1 is 0.364 bits per heavy atom. The number of nitrogens with zero attached hydrogens (tertiary/aromatic N) is 2. The van der Waals surface area contributed by atoms with E-state index in [0.717, 1.165) is 22.7 Å². The highest BCUT2D eigenvalue weighted by molar-refractivity contribution is 7.22. The van der Waals surface area contributed by atoms with Crippen molar-refractivity contribution in [2.45, 2.75) is 19.3 Å². The van der Waals surface area contributed by atoms with Gasteiger partial charge in [0.15, 0.2) is 8.07 Å². The van der Waals surface area contributed by atoms with Crippen LogP contribution in [0.2, 0.25) is 0 Å². The number of aromatic nitrogens is 1. The average Bonchev–Trinajstić information content (AvgIpc) is 3.95. The number of hydrogen-bond donors (Lipinski definition) is 0. The van der Waals surface area contributed by atoms with E-state index in [2.05, 4.69) is 266 Å². The summed E-state index contributed by atoms with van der Waals surface area (Å²) < 4.78 is 2.43. The highest BCUT2D eigenvalue weighted by Gasteiger charge is 2.49. The summed E-state index contributed by atoms with van der Waals surface area (Å²) in [7, 11) is -2.76. The Labute approximate surface area is 387 Å². The largest absolute Gasteiger partial charge is 0.310 e. The van der Waals surface area contributed by atoms with Gasteiger partial charge in [0.2, 0.25) is 0 Å². The maximum Gasteiger partial charge on any atom is 0.180 e. The molecule has 0 bridgehead atoms. The fourth-order valence-corrected chi connectivity index (χ4v) is 16.9. The van der Waals surface area contributed by atoms with Crippen molar-refractivity contribution in [3.8, 4) is 39.1 Å². The first kappa shape index (κ1) is 38.5. The summed E-state index contributed by atoms with van der Waals surface area (Å²) in [5.41, 5.74) is 17.3. The Hall–Kier alpha value is -7.98. The highest BCUT2D eigenvalue weighted by atomic mass is 28.3. The van der Waals surface area contributed by atoms with Crippen LogP contribution < -0.4 is 25.6 Å². The smallest absolute Gasteiger partial charge is 0.180 e. The van der Waals surface area contributed by atoms with Crippen molar-refractivity contribution >= 4 is 67.7 Å². The van der Waals surface area contributed by atoms with E-state index in [0.29, 0.717) is 0 Å². The van der Waals surface area contributed by atoms with Crippen molar-refractivity contribution < 1.29 is 0 Å². The van der Waals surface area contributed by atoms with Crippen molar-refractivity contribution in [3.05, 3.63) is 254 Å². The van der Waals surface area contributed by atoms with E-state index in [9.17, 15) is 0 Å². The summed E-state index contributed by atoms with van der Waals surface area (Å²) in [6, 6.07) is 90.9. The molecule has 0 atom stereocenters. The lowest BCUT2D eigenvalue weighted by molar-refractivity contribution is 0.660. The second-order valence-electron chi connectivity index (χ2n) is 18.5. The molecule has 2 aliphatic rings. The molecule has 10 aromatic carbocycles. The van der Waals surface area contributed by atoms with Gasteiger partial charge in [-0.15, -0.1) is 0 Å². The van der Waals surface area contributed by atoms with Gasteiger partial charge in [-0.25, -0.2) is 0 Å². The number of hydrogen-bond acceptors (Lipinski definition) is 1. The number of anilines is 3. The number of para-hydroxylation sites is 1. The van der Waals surface area contributed by atoms with E-state index in [-0.39, 0.29) is 5.41 Å². The molecular weight excluding hydrogens is 813 g/mol. The van der Waals surface area contributed by atoms with Gasteiger partial charge >= 0.3 is 0 Å². The molecular formula is C63H46N2Si. The van der Waals surface area contributed by atoms with Crippen LogP contribution in [0.1, 0.15) is 25.0 Å². The van der Waals surface area contributed by atoms with Crippen LogP contribution in [0.25, 0.3) is 60.9 Å². The molecule has 0 radical (unpaired) electrons. The monoisotopic (exact) mass is 858 g/mol. The molecule has 0 unspecified atom stereocenters. The van der Waals surface area contributed by atoms with Gasteiger partial charge in [-0.2, -0.15) is 0 Å². The predicted molar refractivity (Wildman–Crippen MR) is 281 cm³/mol. The lowest BCUT2D eigenvalue weighted by Gasteiger charge is -2.33. The average molecular weight is 859 g/mol. The molecule has 13 rings (SSSR count). The van der Waals surface area contributed by atoms with Crippen molar-refractivity contribution in [1.82, 2.24) is 4.57 Å². The Kier molecular flexibility index (Phi) is 8.62. The number of fused-ring (bicyclic) bond motifs is 9. The van der Waals surface area contributed by atoms with Crippen molar-refractivity contribution in [2.24, 2.45) is 0 Å². The lowest BCUT2D eigenvalue weighted by atomic mass is 9.82. The summed E-state index contributed by atoms with van der Waals surface area (Å²) in [5.74, 6) is 0. The minimum atomic E-state index is -2.76. The Morgan fingerprint density at radius 2 is 0.879 bits per heavy atom.